The van der Waals surface area contributed by atoms with Crippen LogP contribution >= 0.6 is 0 Å². The molecule has 7 heteroatoms. The standard InChI is InChI=1S/C18H20N2O5/c1-12(21)20-15(18(22)19-11-14-5-4-8-25-14)9-13-6-7-16(23-2)17(10-13)24-3/h4-10H,11H2,1-3H3,(H,19,22)(H,20,21)/b15-9-. The topological polar surface area (TPSA) is 89.8 Å². The minimum atomic E-state index is -0.429. The third-order valence-corrected chi connectivity index (χ3v) is 3.28. The summed E-state index contributed by atoms with van der Waals surface area (Å²) in [5.41, 5.74) is 0.792. The van der Waals surface area contributed by atoms with Gasteiger partial charge in [0.15, 0.2) is 11.5 Å². The molecule has 132 valence electrons. The molecule has 7 nitrogen and oxygen atoms in total. The number of methoxy groups -OCH3 is 2. The highest BCUT2D eigenvalue weighted by atomic mass is 16.5. The van der Waals surface area contributed by atoms with Crippen molar-refractivity contribution in [2.45, 2.75) is 13.5 Å². The van der Waals surface area contributed by atoms with Crippen LogP contribution in [0.15, 0.2) is 46.7 Å². The lowest BCUT2D eigenvalue weighted by molar-refractivity contribution is -0.122. The summed E-state index contributed by atoms with van der Waals surface area (Å²) < 4.78 is 15.6. The third kappa shape index (κ3) is 5.13. The number of ether oxygens (including phenoxy) is 2. The molecule has 25 heavy (non-hydrogen) atoms. The average Bonchev–Trinajstić information content (AvgIpc) is 3.12. The van der Waals surface area contributed by atoms with Gasteiger partial charge in [-0.3, -0.25) is 9.59 Å². The van der Waals surface area contributed by atoms with Crippen molar-refractivity contribution in [2.24, 2.45) is 0 Å². The third-order valence-electron chi connectivity index (χ3n) is 3.28. The van der Waals surface area contributed by atoms with E-state index in [1.165, 1.54) is 27.4 Å². The van der Waals surface area contributed by atoms with Gasteiger partial charge in [0.05, 0.1) is 27.0 Å². The van der Waals surface area contributed by atoms with Gasteiger partial charge in [-0.25, -0.2) is 0 Å². The number of hydrogen-bond acceptors (Lipinski definition) is 5. The van der Waals surface area contributed by atoms with Crippen LogP contribution < -0.4 is 20.1 Å². The molecule has 2 aromatic rings. The van der Waals surface area contributed by atoms with Crippen LogP contribution in [0, 0.1) is 0 Å². The second-order valence-corrected chi connectivity index (χ2v) is 5.12. The molecule has 0 radical (unpaired) electrons. The second-order valence-electron chi connectivity index (χ2n) is 5.12. The maximum absolute atomic E-state index is 12.4. The molecule has 0 saturated heterocycles. The van der Waals surface area contributed by atoms with Crippen LogP contribution in [-0.2, 0) is 16.1 Å². The van der Waals surface area contributed by atoms with Gasteiger partial charge in [-0.15, -0.1) is 0 Å². The van der Waals surface area contributed by atoms with E-state index in [1.54, 1.807) is 36.4 Å². The van der Waals surface area contributed by atoms with Crippen LogP contribution in [0.2, 0.25) is 0 Å². The first-order chi connectivity index (χ1) is 12.0. The first kappa shape index (κ1) is 18.1. The molecule has 2 amide bonds. The Morgan fingerprint density at radius 3 is 2.52 bits per heavy atom. The van der Waals surface area contributed by atoms with E-state index in [0.717, 1.165) is 0 Å². The largest absolute Gasteiger partial charge is 0.493 e. The Morgan fingerprint density at radius 1 is 1.16 bits per heavy atom. The predicted octanol–water partition coefficient (Wildman–Crippen LogP) is 2.09. The molecule has 0 fully saturated rings. The first-order valence-corrected chi connectivity index (χ1v) is 7.55. The molecule has 0 aliphatic heterocycles. The van der Waals surface area contributed by atoms with Crippen molar-refractivity contribution in [3.8, 4) is 11.5 Å². The minimum absolute atomic E-state index is 0.117. The van der Waals surface area contributed by atoms with Crippen LogP contribution in [0.25, 0.3) is 6.08 Å². The van der Waals surface area contributed by atoms with Crippen LogP contribution in [0.1, 0.15) is 18.2 Å². The molecule has 0 atom stereocenters. The fraction of sp³-hybridized carbons (Fsp3) is 0.222. The van der Waals surface area contributed by atoms with Crippen molar-refractivity contribution in [3.63, 3.8) is 0 Å². The van der Waals surface area contributed by atoms with Gasteiger partial charge in [0.1, 0.15) is 11.5 Å². The summed E-state index contributed by atoms with van der Waals surface area (Å²) in [4.78, 5) is 23.8. The number of hydrogen-bond donors (Lipinski definition) is 2. The van der Waals surface area contributed by atoms with Gasteiger partial charge in [-0.05, 0) is 35.9 Å². The van der Waals surface area contributed by atoms with Crippen molar-refractivity contribution >= 4 is 17.9 Å². The van der Waals surface area contributed by atoms with Gasteiger partial charge in [0, 0.05) is 6.92 Å². The van der Waals surface area contributed by atoms with Crippen molar-refractivity contribution in [3.05, 3.63) is 53.6 Å². The van der Waals surface area contributed by atoms with E-state index in [0.29, 0.717) is 22.8 Å². The van der Waals surface area contributed by atoms with Gasteiger partial charge in [-0.2, -0.15) is 0 Å². The predicted molar refractivity (Wildman–Crippen MR) is 91.9 cm³/mol. The van der Waals surface area contributed by atoms with E-state index in [1.807, 2.05) is 0 Å². The molecule has 0 aliphatic carbocycles. The van der Waals surface area contributed by atoms with E-state index in [-0.39, 0.29) is 18.1 Å². The van der Waals surface area contributed by atoms with Crippen LogP contribution in [0.5, 0.6) is 11.5 Å². The molecule has 0 saturated carbocycles. The van der Waals surface area contributed by atoms with Gasteiger partial charge in [0.25, 0.3) is 5.91 Å². The fourth-order valence-corrected chi connectivity index (χ4v) is 2.13. The second kappa shape index (κ2) is 8.58. The number of carbonyl (C=O) groups excluding carboxylic acids is 2. The first-order valence-electron chi connectivity index (χ1n) is 7.55. The minimum Gasteiger partial charge on any atom is -0.493 e. The summed E-state index contributed by atoms with van der Waals surface area (Å²) in [5, 5.41) is 5.22. The zero-order valence-corrected chi connectivity index (χ0v) is 14.3. The molecular weight excluding hydrogens is 324 g/mol. The highest BCUT2D eigenvalue weighted by Gasteiger charge is 2.12. The molecular formula is C18H20N2O5. The van der Waals surface area contributed by atoms with Gasteiger partial charge in [-0.1, -0.05) is 6.07 Å². The SMILES string of the molecule is COc1ccc(/C=C(\NC(C)=O)C(=O)NCc2ccco2)cc1OC. The van der Waals surface area contributed by atoms with Crippen molar-refractivity contribution in [2.75, 3.05) is 14.2 Å². The monoisotopic (exact) mass is 344 g/mol. The Labute approximate surface area is 145 Å². The Hall–Kier alpha value is -3.22. The molecule has 0 unspecified atom stereocenters. The summed E-state index contributed by atoms with van der Waals surface area (Å²) >= 11 is 0. The van der Waals surface area contributed by atoms with Gasteiger partial charge < -0.3 is 24.5 Å². The molecule has 0 bridgehead atoms. The van der Waals surface area contributed by atoms with Crippen LogP contribution in [0.3, 0.4) is 0 Å². The summed E-state index contributed by atoms with van der Waals surface area (Å²) in [6, 6.07) is 8.66. The van der Waals surface area contributed by atoms with E-state index < -0.39 is 5.91 Å². The smallest absolute Gasteiger partial charge is 0.268 e. The van der Waals surface area contributed by atoms with E-state index in [9.17, 15) is 9.59 Å². The highest BCUT2D eigenvalue weighted by molar-refractivity contribution is 6.00. The normalized spacial score (nSPS) is 10.9. The molecule has 1 aromatic heterocycles. The Kier molecular flexibility index (Phi) is 6.22. The molecule has 2 rings (SSSR count). The van der Waals surface area contributed by atoms with Crippen molar-refractivity contribution in [1.82, 2.24) is 10.6 Å². The number of furan rings is 1. The van der Waals surface area contributed by atoms with Crippen LogP contribution in [-0.4, -0.2) is 26.0 Å². The Balaban J connectivity index is 2.21. The lowest BCUT2D eigenvalue weighted by Gasteiger charge is -2.11. The Bertz CT molecular complexity index is 766. The molecule has 1 heterocycles. The number of carbonyl (C=O) groups is 2. The maximum atomic E-state index is 12.4. The maximum Gasteiger partial charge on any atom is 0.268 e. The molecule has 0 aliphatic rings. The van der Waals surface area contributed by atoms with Crippen molar-refractivity contribution < 1.29 is 23.5 Å². The summed E-state index contributed by atoms with van der Waals surface area (Å²) in [6.07, 6.45) is 3.08. The Morgan fingerprint density at radius 2 is 1.92 bits per heavy atom. The van der Waals surface area contributed by atoms with E-state index >= 15 is 0 Å². The van der Waals surface area contributed by atoms with E-state index in [4.69, 9.17) is 13.9 Å². The number of rotatable bonds is 7. The van der Waals surface area contributed by atoms with Gasteiger partial charge in [0.2, 0.25) is 5.91 Å². The number of nitrogens with one attached hydrogen (secondary N) is 2. The lowest BCUT2D eigenvalue weighted by atomic mass is 10.1. The lowest BCUT2D eigenvalue weighted by Crippen LogP contribution is -2.33. The highest BCUT2D eigenvalue weighted by Crippen LogP contribution is 2.28. The van der Waals surface area contributed by atoms with E-state index in [2.05, 4.69) is 10.6 Å². The molecule has 2 N–H and O–H groups in total. The molecule has 0 spiro atoms. The van der Waals surface area contributed by atoms with Crippen LogP contribution in [0.4, 0.5) is 0 Å². The van der Waals surface area contributed by atoms with Gasteiger partial charge >= 0.3 is 0 Å². The fourth-order valence-electron chi connectivity index (χ4n) is 2.13. The summed E-state index contributed by atoms with van der Waals surface area (Å²) in [7, 11) is 3.06. The number of amides is 2. The summed E-state index contributed by atoms with van der Waals surface area (Å²) in [6.45, 7) is 1.55. The quantitative estimate of drug-likeness (QED) is 0.751. The zero-order valence-electron chi connectivity index (χ0n) is 14.3. The molecule has 1 aromatic carbocycles. The number of benzene rings is 1. The summed E-state index contributed by atoms with van der Waals surface area (Å²) in [5.74, 6) is 0.931. The van der Waals surface area contributed by atoms with Crippen molar-refractivity contribution in [1.29, 1.82) is 0 Å². The average molecular weight is 344 g/mol. The zero-order chi connectivity index (χ0) is 18.2.